The molecule has 0 aliphatic rings. The molecule has 22 heavy (non-hydrogen) atoms. The highest BCUT2D eigenvalue weighted by Crippen LogP contribution is 2.31. The van der Waals surface area contributed by atoms with Crippen molar-refractivity contribution in [2.75, 3.05) is 6.61 Å². The summed E-state index contributed by atoms with van der Waals surface area (Å²) in [6, 6.07) is -0.189. The SMILES string of the molecule is C=CC=CC(=CCC)C(N)C(C(C)C)C(CC)C(=O)OCC. The Hall–Kier alpha value is -1.35. The van der Waals surface area contributed by atoms with Crippen molar-refractivity contribution in [3.05, 3.63) is 36.5 Å². The minimum absolute atomic E-state index is 0.0521. The average molecular weight is 307 g/mol. The van der Waals surface area contributed by atoms with Crippen molar-refractivity contribution in [1.82, 2.24) is 0 Å². The highest BCUT2D eigenvalue weighted by Gasteiger charge is 2.35. The van der Waals surface area contributed by atoms with Crippen LogP contribution in [0.5, 0.6) is 0 Å². The van der Waals surface area contributed by atoms with Crippen LogP contribution in [0, 0.1) is 17.8 Å². The third kappa shape index (κ3) is 6.18. The van der Waals surface area contributed by atoms with Gasteiger partial charge < -0.3 is 10.5 Å². The molecule has 0 radical (unpaired) electrons. The summed E-state index contributed by atoms with van der Waals surface area (Å²) in [5.74, 6) is 0.0353. The molecule has 0 fully saturated rings. The first-order chi connectivity index (χ1) is 10.4. The Morgan fingerprint density at radius 3 is 2.32 bits per heavy atom. The number of nitrogens with two attached hydrogens (primary N) is 1. The molecule has 3 heteroatoms. The summed E-state index contributed by atoms with van der Waals surface area (Å²) in [6.07, 6.45) is 9.39. The molecule has 3 unspecified atom stereocenters. The number of rotatable bonds is 10. The Kier molecular flexibility index (Phi) is 10.6. The Bertz CT molecular complexity index is 396. The first kappa shape index (κ1) is 20.6. The van der Waals surface area contributed by atoms with Crippen molar-refractivity contribution < 1.29 is 9.53 Å². The molecule has 0 aliphatic carbocycles. The third-order valence-electron chi connectivity index (χ3n) is 3.93. The third-order valence-corrected chi connectivity index (χ3v) is 3.93. The molecule has 0 aromatic carbocycles. The summed E-state index contributed by atoms with van der Waals surface area (Å²) in [5.41, 5.74) is 7.60. The molecule has 0 saturated heterocycles. The minimum Gasteiger partial charge on any atom is -0.466 e. The molecular weight excluding hydrogens is 274 g/mol. The van der Waals surface area contributed by atoms with Crippen molar-refractivity contribution in [3.8, 4) is 0 Å². The van der Waals surface area contributed by atoms with Crippen LogP contribution in [0.2, 0.25) is 0 Å². The quantitative estimate of drug-likeness (QED) is 0.485. The normalized spacial score (nSPS) is 16.6. The lowest BCUT2D eigenvalue weighted by molar-refractivity contribution is -0.151. The van der Waals surface area contributed by atoms with Gasteiger partial charge in [-0.1, -0.05) is 58.6 Å². The fourth-order valence-electron chi connectivity index (χ4n) is 2.93. The number of ether oxygens (including phenoxy) is 1. The van der Waals surface area contributed by atoms with Gasteiger partial charge in [-0.3, -0.25) is 4.79 Å². The lowest BCUT2D eigenvalue weighted by Gasteiger charge is -2.33. The summed E-state index contributed by atoms with van der Waals surface area (Å²) in [7, 11) is 0. The lowest BCUT2D eigenvalue weighted by atomic mass is 9.74. The van der Waals surface area contributed by atoms with Crippen LogP contribution in [-0.2, 0) is 9.53 Å². The molecule has 0 rings (SSSR count). The van der Waals surface area contributed by atoms with E-state index in [0.717, 1.165) is 18.4 Å². The molecule has 126 valence electrons. The fraction of sp³-hybridized carbons (Fsp3) is 0.632. The molecule has 3 atom stereocenters. The summed E-state index contributed by atoms with van der Waals surface area (Å²) >= 11 is 0. The summed E-state index contributed by atoms with van der Waals surface area (Å²) < 4.78 is 5.25. The second kappa shape index (κ2) is 11.2. The van der Waals surface area contributed by atoms with Crippen molar-refractivity contribution in [2.45, 2.75) is 53.5 Å². The van der Waals surface area contributed by atoms with E-state index in [-0.39, 0.29) is 23.8 Å². The van der Waals surface area contributed by atoms with E-state index in [4.69, 9.17) is 10.5 Å². The van der Waals surface area contributed by atoms with Crippen LogP contribution in [0.25, 0.3) is 0 Å². The molecule has 2 N–H and O–H groups in total. The number of allylic oxidation sites excluding steroid dienone is 3. The largest absolute Gasteiger partial charge is 0.466 e. The van der Waals surface area contributed by atoms with Crippen LogP contribution in [0.3, 0.4) is 0 Å². The van der Waals surface area contributed by atoms with E-state index in [1.807, 2.05) is 26.0 Å². The summed E-state index contributed by atoms with van der Waals surface area (Å²) in [6.45, 7) is 14.3. The van der Waals surface area contributed by atoms with Gasteiger partial charge in [0.05, 0.1) is 12.5 Å². The molecule has 0 aliphatic heterocycles. The van der Waals surface area contributed by atoms with Crippen molar-refractivity contribution in [3.63, 3.8) is 0 Å². The number of carbonyl (C=O) groups excluding carboxylic acids is 1. The summed E-state index contributed by atoms with van der Waals surface area (Å²) in [4.78, 5) is 12.3. The molecule has 0 bridgehead atoms. The van der Waals surface area contributed by atoms with E-state index >= 15 is 0 Å². The second-order valence-corrected chi connectivity index (χ2v) is 5.82. The predicted octanol–water partition coefficient (Wildman–Crippen LogP) is 4.25. The van der Waals surface area contributed by atoms with Crippen LogP contribution in [0.15, 0.2) is 36.5 Å². The van der Waals surface area contributed by atoms with E-state index in [1.54, 1.807) is 6.08 Å². The van der Waals surface area contributed by atoms with Crippen LogP contribution in [0.1, 0.15) is 47.5 Å². The second-order valence-electron chi connectivity index (χ2n) is 5.82. The van der Waals surface area contributed by atoms with Gasteiger partial charge in [0.25, 0.3) is 0 Å². The zero-order valence-electron chi connectivity index (χ0n) is 14.8. The molecular formula is C19H33NO2. The van der Waals surface area contributed by atoms with Gasteiger partial charge in [-0.25, -0.2) is 0 Å². The monoisotopic (exact) mass is 307 g/mol. The molecule has 0 amide bonds. The van der Waals surface area contributed by atoms with Crippen molar-refractivity contribution >= 4 is 5.97 Å². The molecule has 0 aromatic rings. The Labute approximate surface area is 136 Å². The number of hydrogen-bond donors (Lipinski definition) is 1. The smallest absolute Gasteiger partial charge is 0.309 e. The van der Waals surface area contributed by atoms with Gasteiger partial charge in [-0.15, -0.1) is 0 Å². The van der Waals surface area contributed by atoms with E-state index in [9.17, 15) is 4.79 Å². The van der Waals surface area contributed by atoms with E-state index in [0.29, 0.717) is 12.5 Å². The number of esters is 1. The van der Waals surface area contributed by atoms with E-state index in [1.165, 1.54) is 0 Å². The van der Waals surface area contributed by atoms with Gasteiger partial charge in [0.15, 0.2) is 0 Å². The maximum absolute atomic E-state index is 12.3. The van der Waals surface area contributed by atoms with Gasteiger partial charge in [0, 0.05) is 6.04 Å². The van der Waals surface area contributed by atoms with Crippen molar-refractivity contribution in [1.29, 1.82) is 0 Å². The van der Waals surface area contributed by atoms with Crippen LogP contribution >= 0.6 is 0 Å². The Morgan fingerprint density at radius 1 is 1.27 bits per heavy atom. The molecule has 0 saturated carbocycles. The van der Waals surface area contributed by atoms with Crippen LogP contribution in [0.4, 0.5) is 0 Å². The fourth-order valence-corrected chi connectivity index (χ4v) is 2.93. The maximum atomic E-state index is 12.3. The zero-order chi connectivity index (χ0) is 17.1. The first-order valence-electron chi connectivity index (χ1n) is 8.35. The highest BCUT2D eigenvalue weighted by molar-refractivity contribution is 5.73. The number of carbonyl (C=O) groups is 1. The van der Waals surface area contributed by atoms with E-state index < -0.39 is 0 Å². The Balaban J connectivity index is 5.51. The molecule has 0 aromatic heterocycles. The van der Waals surface area contributed by atoms with Crippen molar-refractivity contribution in [2.24, 2.45) is 23.5 Å². The standard InChI is InChI=1S/C19H33NO2/c1-7-11-13-15(12-8-2)18(20)17(14(5)6)16(9-3)19(21)22-10-4/h7,11-14,16-18H,1,8-10,20H2,2-6H3. The Morgan fingerprint density at radius 2 is 1.91 bits per heavy atom. The highest BCUT2D eigenvalue weighted by atomic mass is 16.5. The van der Waals surface area contributed by atoms with Crippen LogP contribution in [-0.4, -0.2) is 18.6 Å². The summed E-state index contributed by atoms with van der Waals surface area (Å²) in [5, 5.41) is 0. The molecule has 0 spiro atoms. The van der Waals surface area contributed by atoms with Gasteiger partial charge in [0.1, 0.15) is 0 Å². The predicted molar refractivity (Wildman–Crippen MR) is 94.4 cm³/mol. The minimum atomic E-state index is -0.189. The molecule has 3 nitrogen and oxygen atoms in total. The molecule has 0 heterocycles. The van der Waals surface area contributed by atoms with Gasteiger partial charge in [-0.2, -0.15) is 0 Å². The maximum Gasteiger partial charge on any atom is 0.309 e. The first-order valence-corrected chi connectivity index (χ1v) is 8.35. The van der Waals surface area contributed by atoms with Gasteiger partial charge >= 0.3 is 5.97 Å². The zero-order valence-corrected chi connectivity index (χ0v) is 14.8. The average Bonchev–Trinajstić information content (AvgIpc) is 2.47. The van der Waals surface area contributed by atoms with Gasteiger partial charge in [0.2, 0.25) is 0 Å². The topological polar surface area (TPSA) is 52.3 Å². The van der Waals surface area contributed by atoms with Crippen LogP contribution < -0.4 is 5.73 Å². The van der Waals surface area contributed by atoms with Gasteiger partial charge in [-0.05, 0) is 37.2 Å². The van der Waals surface area contributed by atoms with E-state index in [2.05, 4.69) is 33.4 Å². The lowest BCUT2D eigenvalue weighted by Crippen LogP contribution is -2.42. The number of hydrogen-bond acceptors (Lipinski definition) is 3.